The fourth-order valence-corrected chi connectivity index (χ4v) is 4.27. The fraction of sp³-hybridized carbons (Fsp3) is 0.115. The number of carbonyl (C=O) groups excluding carboxylic acids is 2. The number of nitrogens with zero attached hydrogens (tertiary/aromatic N) is 2. The van der Waals surface area contributed by atoms with Gasteiger partial charge in [-0.1, -0.05) is 48.5 Å². The van der Waals surface area contributed by atoms with Crippen LogP contribution in [0.2, 0.25) is 0 Å². The molecule has 1 aliphatic heterocycles. The molecule has 6 heteroatoms. The van der Waals surface area contributed by atoms with Crippen LogP contribution in [0.25, 0.3) is 16.5 Å². The summed E-state index contributed by atoms with van der Waals surface area (Å²) in [4.78, 5) is 28.1. The molecule has 1 aromatic heterocycles. The molecule has 2 amide bonds. The van der Waals surface area contributed by atoms with Gasteiger partial charge in [0.25, 0.3) is 5.91 Å². The summed E-state index contributed by atoms with van der Waals surface area (Å²) in [5.74, 6) is -0.379. The number of para-hydroxylation sites is 2. The van der Waals surface area contributed by atoms with E-state index in [1.54, 1.807) is 6.07 Å². The normalized spacial score (nSPS) is 12.7. The second-order valence-corrected chi connectivity index (χ2v) is 7.80. The third kappa shape index (κ3) is 3.36. The van der Waals surface area contributed by atoms with E-state index in [2.05, 4.69) is 10.3 Å². The van der Waals surface area contributed by atoms with Gasteiger partial charge in [0.1, 0.15) is 0 Å². The molecule has 5 rings (SSSR count). The first-order valence-electron chi connectivity index (χ1n) is 10.4. The molecule has 3 aromatic carbocycles. The van der Waals surface area contributed by atoms with Crippen LogP contribution in [0, 0.1) is 0 Å². The lowest BCUT2D eigenvalue weighted by Crippen LogP contribution is -2.22. The van der Waals surface area contributed by atoms with E-state index in [1.165, 1.54) is 6.92 Å². The van der Waals surface area contributed by atoms with Crippen molar-refractivity contribution in [2.24, 2.45) is 4.99 Å². The zero-order chi connectivity index (χ0) is 22.2. The second-order valence-electron chi connectivity index (χ2n) is 7.80. The zero-order valence-electron chi connectivity index (χ0n) is 17.5. The minimum atomic E-state index is -0.335. The molecule has 0 bridgehead atoms. The van der Waals surface area contributed by atoms with E-state index >= 15 is 0 Å². The van der Waals surface area contributed by atoms with Gasteiger partial charge in [-0.25, -0.2) is 4.99 Å². The minimum Gasteiger partial charge on any atom is -0.494 e. The molecular weight excluding hydrogens is 402 g/mol. The van der Waals surface area contributed by atoms with E-state index in [0.29, 0.717) is 29.5 Å². The Labute approximate surface area is 184 Å². The van der Waals surface area contributed by atoms with E-state index in [4.69, 9.17) is 0 Å². The van der Waals surface area contributed by atoms with Crippen molar-refractivity contribution in [2.45, 2.75) is 19.9 Å². The van der Waals surface area contributed by atoms with E-state index in [0.717, 1.165) is 27.4 Å². The van der Waals surface area contributed by atoms with Crippen molar-refractivity contribution >= 4 is 34.0 Å². The lowest BCUT2D eigenvalue weighted by molar-refractivity contribution is -0.114. The van der Waals surface area contributed by atoms with Gasteiger partial charge < -0.3 is 15.0 Å². The van der Waals surface area contributed by atoms with Gasteiger partial charge in [-0.15, -0.1) is 0 Å². The van der Waals surface area contributed by atoms with Crippen molar-refractivity contribution < 1.29 is 14.7 Å². The first kappa shape index (κ1) is 19.8. The highest BCUT2D eigenvalue weighted by Crippen LogP contribution is 2.36. The largest absolute Gasteiger partial charge is 0.494 e. The molecular formula is C26H21N3O3. The molecule has 6 nitrogen and oxygen atoms in total. The number of hydrogen-bond donors (Lipinski definition) is 2. The van der Waals surface area contributed by atoms with Gasteiger partial charge >= 0.3 is 0 Å². The maximum absolute atomic E-state index is 12.8. The SMILES string of the molecule is CC(=O)Nc1ccc(CCn2c(O)c(C3=c4ccccc4=NC3=O)c3ccccc32)cc1. The second kappa shape index (κ2) is 7.81. The number of benzene rings is 3. The average Bonchev–Trinajstić information content (AvgIpc) is 3.25. The van der Waals surface area contributed by atoms with Crippen molar-refractivity contribution in [1.82, 2.24) is 4.57 Å². The molecule has 0 fully saturated rings. The average molecular weight is 423 g/mol. The van der Waals surface area contributed by atoms with Gasteiger partial charge in [-0.3, -0.25) is 9.59 Å². The highest BCUT2D eigenvalue weighted by Gasteiger charge is 2.26. The number of hydrogen-bond acceptors (Lipinski definition) is 3. The fourth-order valence-electron chi connectivity index (χ4n) is 4.27. The molecule has 0 spiro atoms. The Morgan fingerprint density at radius 2 is 1.72 bits per heavy atom. The van der Waals surface area contributed by atoms with Crippen LogP contribution in [0.4, 0.5) is 5.69 Å². The number of rotatable bonds is 5. The summed E-state index contributed by atoms with van der Waals surface area (Å²) >= 11 is 0. The third-order valence-corrected chi connectivity index (χ3v) is 5.70. The number of carbonyl (C=O) groups is 2. The summed E-state index contributed by atoms with van der Waals surface area (Å²) in [7, 11) is 0. The van der Waals surface area contributed by atoms with Crippen LogP contribution in [-0.4, -0.2) is 21.5 Å². The predicted molar refractivity (Wildman–Crippen MR) is 123 cm³/mol. The molecule has 0 saturated carbocycles. The van der Waals surface area contributed by atoms with Crippen LogP contribution in [0.5, 0.6) is 5.88 Å². The minimum absolute atomic E-state index is 0.0660. The third-order valence-electron chi connectivity index (χ3n) is 5.70. The van der Waals surface area contributed by atoms with Crippen LogP contribution >= 0.6 is 0 Å². The Bertz CT molecular complexity index is 1500. The number of aryl methyl sites for hydroxylation is 2. The molecule has 158 valence electrons. The van der Waals surface area contributed by atoms with Gasteiger partial charge in [-0.05, 0) is 36.2 Å². The molecule has 0 atom stereocenters. The Morgan fingerprint density at radius 3 is 2.50 bits per heavy atom. The number of aromatic nitrogens is 1. The smallest absolute Gasteiger partial charge is 0.279 e. The topological polar surface area (TPSA) is 83.7 Å². The van der Waals surface area contributed by atoms with E-state index in [1.807, 2.05) is 71.3 Å². The maximum Gasteiger partial charge on any atom is 0.279 e. The van der Waals surface area contributed by atoms with E-state index in [-0.39, 0.29) is 17.7 Å². The van der Waals surface area contributed by atoms with Gasteiger partial charge in [0.2, 0.25) is 5.91 Å². The molecule has 1 aliphatic rings. The summed E-state index contributed by atoms with van der Waals surface area (Å²) in [5, 5.41) is 16.2. The number of anilines is 1. The summed E-state index contributed by atoms with van der Waals surface area (Å²) in [6, 6.07) is 22.7. The number of aromatic hydroxyl groups is 1. The first-order valence-corrected chi connectivity index (χ1v) is 10.4. The van der Waals surface area contributed by atoms with Gasteiger partial charge in [0.05, 0.1) is 22.0 Å². The Hall–Kier alpha value is -4.19. The van der Waals surface area contributed by atoms with Crippen molar-refractivity contribution in [3.05, 3.63) is 94.5 Å². The molecule has 4 aromatic rings. The standard InChI is InChI=1S/C26H21N3O3/c1-16(30)27-18-12-10-17(11-13-18)14-15-29-22-9-5-3-7-20(22)24(26(29)32)23-19-6-2-4-8-21(19)28-25(23)31/h2-13,32H,14-15H2,1H3,(H,27,30). The van der Waals surface area contributed by atoms with Crippen molar-refractivity contribution in [3.8, 4) is 5.88 Å². The van der Waals surface area contributed by atoms with E-state index in [9.17, 15) is 14.7 Å². The van der Waals surface area contributed by atoms with Crippen LogP contribution in [0.1, 0.15) is 18.1 Å². The highest BCUT2D eigenvalue weighted by atomic mass is 16.3. The lowest BCUT2D eigenvalue weighted by Gasteiger charge is -2.09. The van der Waals surface area contributed by atoms with Crippen molar-refractivity contribution in [3.63, 3.8) is 0 Å². The highest BCUT2D eigenvalue weighted by molar-refractivity contribution is 6.24. The van der Waals surface area contributed by atoms with Crippen molar-refractivity contribution in [1.29, 1.82) is 0 Å². The maximum atomic E-state index is 12.8. The van der Waals surface area contributed by atoms with Crippen molar-refractivity contribution in [2.75, 3.05) is 5.32 Å². The number of fused-ring (bicyclic) bond motifs is 2. The van der Waals surface area contributed by atoms with Crippen LogP contribution in [-0.2, 0) is 22.6 Å². The zero-order valence-corrected chi connectivity index (χ0v) is 17.5. The molecule has 32 heavy (non-hydrogen) atoms. The molecule has 0 radical (unpaired) electrons. The summed E-state index contributed by atoms with van der Waals surface area (Å²) in [6.45, 7) is 2.01. The monoisotopic (exact) mass is 423 g/mol. The summed E-state index contributed by atoms with van der Waals surface area (Å²) < 4.78 is 1.84. The van der Waals surface area contributed by atoms with Gasteiger partial charge in [-0.2, -0.15) is 0 Å². The molecule has 0 aliphatic carbocycles. The van der Waals surface area contributed by atoms with Crippen LogP contribution < -0.4 is 15.9 Å². The van der Waals surface area contributed by atoms with Gasteiger partial charge in [0, 0.05) is 29.8 Å². The predicted octanol–water partition coefficient (Wildman–Crippen LogP) is 2.91. The van der Waals surface area contributed by atoms with Crippen LogP contribution in [0.15, 0.2) is 77.8 Å². The Balaban J connectivity index is 1.55. The summed E-state index contributed by atoms with van der Waals surface area (Å²) in [6.07, 6.45) is 0.677. The van der Waals surface area contributed by atoms with E-state index < -0.39 is 0 Å². The van der Waals surface area contributed by atoms with Crippen LogP contribution in [0.3, 0.4) is 0 Å². The quantitative estimate of drug-likeness (QED) is 0.518. The Kier molecular flexibility index (Phi) is 4.82. The molecule has 2 heterocycles. The molecule has 0 unspecified atom stereocenters. The lowest BCUT2D eigenvalue weighted by atomic mass is 10.0. The molecule has 0 saturated heterocycles. The Morgan fingerprint density at radius 1 is 1.00 bits per heavy atom. The number of amides is 2. The first-order chi connectivity index (χ1) is 15.5. The number of nitrogens with one attached hydrogen (secondary N) is 1. The van der Waals surface area contributed by atoms with Gasteiger partial charge in [0.15, 0.2) is 5.88 Å². The summed E-state index contributed by atoms with van der Waals surface area (Å²) in [5.41, 5.74) is 3.65. The molecule has 2 N–H and O–H groups in total.